The Hall–Kier alpha value is -3.23. The molecule has 4 aromatic rings. The van der Waals surface area contributed by atoms with E-state index in [1.807, 2.05) is 5.10 Å². The van der Waals surface area contributed by atoms with E-state index in [1.165, 1.54) is 17.4 Å². The number of fused-ring (bicyclic) bond motifs is 1. The summed E-state index contributed by atoms with van der Waals surface area (Å²) in [5.74, 6) is -1.44. The second kappa shape index (κ2) is 5.90. The molecule has 9 heteroatoms. The highest BCUT2D eigenvalue weighted by atomic mass is 19.4. The van der Waals surface area contributed by atoms with Crippen LogP contribution in [0.5, 0.6) is 0 Å². The maximum absolute atomic E-state index is 14.3. The first-order valence-corrected chi connectivity index (χ1v) is 7.82. The second-order valence-corrected chi connectivity index (χ2v) is 5.93. The summed E-state index contributed by atoms with van der Waals surface area (Å²) in [7, 11) is 0. The number of rotatable bonds is 2. The quantitative estimate of drug-likeness (QED) is 0.499. The molecule has 0 spiro atoms. The molecule has 3 heterocycles. The minimum absolute atomic E-state index is 0.00250. The Morgan fingerprint density at radius 3 is 2.48 bits per heavy atom. The molecule has 0 aliphatic heterocycles. The Balaban J connectivity index is 1.98. The molecule has 0 fully saturated rings. The smallest absolute Gasteiger partial charge is 0.298 e. The number of H-pyrrole nitrogens is 1. The average Bonchev–Trinajstić information content (AvgIpc) is 3.15. The molecule has 4 rings (SSSR count). The molecule has 0 unspecified atom stereocenters. The lowest BCUT2D eigenvalue weighted by molar-refractivity contribution is -0.141. The maximum atomic E-state index is 14.3. The van der Waals surface area contributed by atoms with E-state index in [4.69, 9.17) is 0 Å². The van der Waals surface area contributed by atoms with Crippen molar-refractivity contribution >= 4 is 5.52 Å². The van der Waals surface area contributed by atoms with Gasteiger partial charge in [-0.3, -0.25) is 9.50 Å². The van der Waals surface area contributed by atoms with Crippen LogP contribution in [-0.4, -0.2) is 19.6 Å². The SMILES string of the molecule is Cc1c(-c2nc(-c3ccc(F)cc3F)c3ccccn23)n[nH]c1C(F)(F)F. The van der Waals surface area contributed by atoms with Gasteiger partial charge in [0, 0.05) is 23.4 Å². The summed E-state index contributed by atoms with van der Waals surface area (Å²) < 4.78 is 68.2. The number of hydrogen-bond acceptors (Lipinski definition) is 2. The summed E-state index contributed by atoms with van der Waals surface area (Å²) in [5, 5.41) is 5.76. The first kappa shape index (κ1) is 17.2. The summed E-state index contributed by atoms with van der Waals surface area (Å²) in [6.45, 7) is 1.28. The van der Waals surface area contributed by atoms with Gasteiger partial charge in [-0.2, -0.15) is 18.3 Å². The summed E-state index contributed by atoms with van der Waals surface area (Å²) in [4.78, 5) is 4.33. The van der Waals surface area contributed by atoms with Crippen LogP contribution in [0.15, 0.2) is 42.6 Å². The lowest BCUT2D eigenvalue weighted by Gasteiger charge is -2.04. The van der Waals surface area contributed by atoms with Crippen LogP contribution < -0.4 is 0 Å². The molecule has 138 valence electrons. The van der Waals surface area contributed by atoms with Gasteiger partial charge in [0.2, 0.25) is 0 Å². The normalized spacial score (nSPS) is 12.1. The number of nitrogens with one attached hydrogen (secondary N) is 1. The fourth-order valence-electron chi connectivity index (χ4n) is 2.98. The highest BCUT2D eigenvalue weighted by Gasteiger charge is 2.36. The van der Waals surface area contributed by atoms with E-state index in [0.717, 1.165) is 12.1 Å². The number of benzene rings is 1. The Kier molecular flexibility index (Phi) is 3.76. The van der Waals surface area contributed by atoms with Gasteiger partial charge >= 0.3 is 6.18 Å². The van der Waals surface area contributed by atoms with Crippen molar-refractivity contribution in [3.05, 3.63) is 65.5 Å². The molecule has 1 N–H and O–H groups in total. The third-order valence-electron chi connectivity index (χ3n) is 4.24. The molecule has 0 amide bonds. The molecule has 1 aromatic carbocycles. The molecular weight excluding hydrogens is 367 g/mol. The fraction of sp³-hybridized carbons (Fsp3) is 0.111. The van der Waals surface area contributed by atoms with Crippen LogP contribution in [0.4, 0.5) is 22.0 Å². The van der Waals surface area contributed by atoms with Gasteiger partial charge in [0.05, 0.1) is 11.2 Å². The average molecular weight is 378 g/mol. The lowest BCUT2D eigenvalue weighted by atomic mass is 10.1. The molecule has 0 saturated carbocycles. The van der Waals surface area contributed by atoms with Gasteiger partial charge in [-0.25, -0.2) is 13.8 Å². The van der Waals surface area contributed by atoms with Crippen LogP contribution in [0.2, 0.25) is 0 Å². The van der Waals surface area contributed by atoms with E-state index in [-0.39, 0.29) is 28.3 Å². The van der Waals surface area contributed by atoms with Crippen LogP contribution in [0.25, 0.3) is 28.3 Å². The van der Waals surface area contributed by atoms with Crippen molar-refractivity contribution in [2.24, 2.45) is 0 Å². The Labute approximate surface area is 149 Å². The molecule has 27 heavy (non-hydrogen) atoms. The number of imidazole rings is 1. The van der Waals surface area contributed by atoms with Crippen molar-refractivity contribution in [3.8, 4) is 22.8 Å². The molecule has 0 radical (unpaired) electrons. The predicted molar refractivity (Wildman–Crippen MR) is 87.9 cm³/mol. The number of halogens is 5. The van der Waals surface area contributed by atoms with Crippen LogP contribution in [0.3, 0.4) is 0 Å². The Morgan fingerprint density at radius 2 is 1.81 bits per heavy atom. The molecule has 4 nitrogen and oxygen atoms in total. The van der Waals surface area contributed by atoms with E-state index < -0.39 is 23.5 Å². The summed E-state index contributed by atoms with van der Waals surface area (Å²) in [6.07, 6.45) is -3.00. The minimum Gasteiger partial charge on any atom is -0.298 e. The molecule has 3 aromatic heterocycles. The number of aromatic nitrogens is 4. The van der Waals surface area contributed by atoms with Gasteiger partial charge in [0.25, 0.3) is 0 Å². The zero-order valence-electron chi connectivity index (χ0n) is 13.8. The van der Waals surface area contributed by atoms with E-state index in [0.29, 0.717) is 5.52 Å². The van der Waals surface area contributed by atoms with E-state index >= 15 is 0 Å². The zero-order valence-corrected chi connectivity index (χ0v) is 13.8. The maximum Gasteiger partial charge on any atom is 0.433 e. The minimum atomic E-state index is -4.59. The largest absolute Gasteiger partial charge is 0.433 e. The molecule has 0 aliphatic carbocycles. The topological polar surface area (TPSA) is 46.0 Å². The van der Waals surface area contributed by atoms with Crippen molar-refractivity contribution in [3.63, 3.8) is 0 Å². The third kappa shape index (κ3) is 2.75. The standard InChI is InChI=1S/C18H11F5N4/c1-9-14(25-26-16(9)18(21,22)23)17-24-15(13-4-2-3-7-27(13)17)11-6-5-10(19)8-12(11)20/h2-8H,1H3,(H,25,26). The van der Waals surface area contributed by atoms with Gasteiger partial charge in [0.1, 0.15) is 23.0 Å². The fourth-order valence-corrected chi connectivity index (χ4v) is 2.98. The van der Waals surface area contributed by atoms with Crippen LogP contribution in [-0.2, 0) is 6.18 Å². The monoisotopic (exact) mass is 378 g/mol. The van der Waals surface area contributed by atoms with Crippen molar-refractivity contribution in [2.75, 3.05) is 0 Å². The van der Waals surface area contributed by atoms with Crippen LogP contribution in [0, 0.1) is 18.6 Å². The molecule has 0 atom stereocenters. The summed E-state index contributed by atoms with van der Waals surface area (Å²) in [5.41, 5.74) is -0.426. The first-order chi connectivity index (χ1) is 12.8. The number of pyridine rings is 1. The number of alkyl halides is 3. The van der Waals surface area contributed by atoms with Gasteiger partial charge in [-0.15, -0.1) is 0 Å². The van der Waals surface area contributed by atoms with Crippen LogP contribution >= 0.6 is 0 Å². The first-order valence-electron chi connectivity index (χ1n) is 7.82. The third-order valence-corrected chi connectivity index (χ3v) is 4.24. The zero-order chi connectivity index (χ0) is 19.3. The Morgan fingerprint density at radius 1 is 1.04 bits per heavy atom. The van der Waals surface area contributed by atoms with Gasteiger partial charge in [-0.05, 0) is 31.2 Å². The van der Waals surface area contributed by atoms with Crippen molar-refractivity contribution < 1.29 is 22.0 Å². The van der Waals surface area contributed by atoms with Gasteiger partial charge in [-0.1, -0.05) is 6.07 Å². The molecule has 0 bridgehead atoms. The highest BCUT2D eigenvalue weighted by Crippen LogP contribution is 2.36. The van der Waals surface area contributed by atoms with Crippen LogP contribution in [0.1, 0.15) is 11.3 Å². The second-order valence-electron chi connectivity index (χ2n) is 5.93. The molecule has 0 aliphatic rings. The van der Waals surface area contributed by atoms with Crippen molar-refractivity contribution in [1.82, 2.24) is 19.6 Å². The molecular formula is C18H11F5N4. The number of hydrogen-bond donors (Lipinski definition) is 1. The molecule has 0 saturated heterocycles. The number of nitrogens with zero attached hydrogens (tertiary/aromatic N) is 3. The summed E-state index contributed by atoms with van der Waals surface area (Å²) in [6, 6.07) is 8.04. The van der Waals surface area contributed by atoms with E-state index in [9.17, 15) is 22.0 Å². The van der Waals surface area contributed by atoms with Crippen molar-refractivity contribution in [1.29, 1.82) is 0 Å². The van der Waals surface area contributed by atoms with E-state index in [2.05, 4.69) is 10.1 Å². The number of aromatic amines is 1. The van der Waals surface area contributed by atoms with Gasteiger partial charge in [0.15, 0.2) is 5.82 Å². The van der Waals surface area contributed by atoms with Crippen molar-refractivity contribution in [2.45, 2.75) is 13.1 Å². The summed E-state index contributed by atoms with van der Waals surface area (Å²) >= 11 is 0. The highest BCUT2D eigenvalue weighted by molar-refractivity contribution is 5.81. The van der Waals surface area contributed by atoms with E-state index in [1.54, 1.807) is 24.4 Å². The predicted octanol–water partition coefficient (Wildman–Crippen LogP) is 5.00. The Bertz CT molecular complexity index is 1160. The van der Waals surface area contributed by atoms with Gasteiger partial charge < -0.3 is 0 Å². The lowest BCUT2D eigenvalue weighted by Crippen LogP contribution is -2.07.